The lowest BCUT2D eigenvalue weighted by molar-refractivity contribution is 0.897. The topological polar surface area (TPSA) is 64.7 Å². The van der Waals surface area contributed by atoms with E-state index in [1.165, 1.54) is 11.5 Å². The Morgan fingerprint density at radius 1 is 1.40 bits per heavy atom. The lowest BCUT2D eigenvalue weighted by atomic mass is 10.3. The Morgan fingerprint density at radius 2 is 2.33 bits per heavy atom. The van der Waals surface area contributed by atoms with Gasteiger partial charge in [-0.2, -0.15) is 4.37 Å². The van der Waals surface area contributed by atoms with Crippen LogP contribution in [-0.2, 0) is 0 Å². The molecule has 78 valence electrons. The third kappa shape index (κ3) is 2.74. The highest BCUT2D eigenvalue weighted by Gasteiger charge is 2.13. The summed E-state index contributed by atoms with van der Waals surface area (Å²) in [6.07, 6.45) is 3.33. The second-order valence-corrected chi connectivity index (χ2v) is 5.03. The highest BCUT2D eigenvalue weighted by molar-refractivity contribution is 8.01. The molecule has 0 aliphatic heterocycles. The predicted octanol–water partition coefficient (Wildman–Crippen LogP) is 1.73. The SMILES string of the molecule is NCC(Sc1ncns1)c1ccccn1. The van der Waals surface area contributed by atoms with Crippen LogP contribution in [0.3, 0.4) is 0 Å². The summed E-state index contributed by atoms with van der Waals surface area (Å²) in [5.74, 6) is 0. The highest BCUT2D eigenvalue weighted by Crippen LogP contribution is 2.33. The van der Waals surface area contributed by atoms with Crippen LogP contribution in [0.1, 0.15) is 10.9 Å². The normalized spacial score (nSPS) is 12.6. The van der Waals surface area contributed by atoms with Gasteiger partial charge in [0.2, 0.25) is 0 Å². The molecular formula is C9H10N4S2. The zero-order valence-electron chi connectivity index (χ0n) is 7.91. The predicted molar refractivity (Wildman–Crippen MR) is 61.8 cm³/mol. The third-order valence-electron chi connectivity index (χ3n) is 1.82. The fourth-order valence-electron chi connectivity index (χ4n) is 1.13. The molecule has 4 nitrogen and oxygen atoms in total. The summed E-state index contributed by atoms with van der Waals surface area (Å²) in [6.45, 7) is 0.543. The highest BCUT2D eigenvalue weighted by atomic mass is 32.2. The molecule has 15 heavy (non-hydrogen) atoms. The van der Waals surface area contributed by atoms with E-state index in [-0.39, 0.29) is 5.25 Å². The van der Waals surface area contributed by atoms with Crippen LogP contribution >= 0.6 is 23.3 Å². The maximum Gasteiger partial charge on any atom is 0.170 e. The molecule has 2 N–H and O–H groups in total. The smallest absolute Gasteiger partial charge is 0.170 e. The van der Waals surface area contributed by atoms with Crippen molar-refractivity contribution >= 4 is 23.3 Å². The fourth-order valence-corrected chi connectivity index (χ4v) is 2.77. The number of hydrogen-bond donors (Lipinski definition) is 1. The Morgan fingerprint density at radius 3 is 2.93 bits per heavy atom. The number of nitrogens with two attached hydrogens (primary N) is 1. The molecular weight excluding hydrogens is 228 g/mol. The van der Waals surface area contributed by atoms with Crippen molar-refractivity contribution in [2.45, 2.75) is 9.59 Å². The van der Waals surface area contributed by atoms with Crippen LogP contribution in [0.15, 0.2) is 35.1 Å². The molecule has 0 aliphatic carbocycles. The second-order valence-electron chi connectivity index (χ2n) is 2.80. The van der Waals surface area contributed by atoms with Crippen LogP contribution < -0.4 is 5.73 Å². The standard InChI is InChI=1S/C9H10N4S2/c10-5-8(7-3-1-2-4-11-7)14-9-12-6-13-15-9/h1-4,6,8H,5,10H2. The van der Waals surface area contributed by atoms with Crippen LogP contribution in [0.5, 0.6) is 0 Å². The van der Waals surface area contributed by atoms with E-state index in [4.69, 9.17) is 5.73 Å². The van der Waals surface area contributed by atoms with Crippen molar-refractivity contribution in [3.63, 3.8) is 0 Å². The zero-order chi connectivity index (χ0) is 10.5. The number of aromatic nitrogens is 3. The molecule has 2 heterocycles. The van der Waals surface area contributed by atoms with Crippen LogP contribution in [0.2, 0.25) is 0 Å². The average Bonchev–Trinajstić information content (AvgIpc) is 2.80. The Kier molecular flexibility index (Phi) is 3.65. The minimum atomic E-state index is 0.152. The lowest BCUT2D eigenvalue weighted by Crippen LogP contribution is -2.10. The first kappa shape index (κ1) is 10.5. The van der Waals surface area contributed by atoms with Crippen molar-refractivity contribution in [1.29, 1.82) is 0 Å². The van der Waals surface area contributed by atoms with E-state index in [1.807, 2.05) is 18.2 Å². The first-order chi connectivity index (χ1) is 7.40. The van der Waals surface area contributed by atoms with E-state index in [0.717, 1.165) is 10.0 Å². The molecule has 1 unspecified atom stereocenters. The van der Waals surface area contributed by atoms with E-state index < -0.39 is 0 Å². The summed E-state index contributed by atoms with van der Waals surface area (Å²) in [7, 11) is 0. The molecule has 2 aromatic heterocycles. The quantitative estimate of drug-likeness (QED) is 0.822. The molecule has 6 heteroatoms. The zero-order valence-corrected chi connectivity index (χ0v) is 9.54. The van der Waals surface area contributed by atoms with Gasteiger partial charge >= 0.3 is 0 Å². The summed E-state index contributed by atoms with van der Waals surface area (Å²) in [5, 5.41) is 0.152. The van der Waals surface area contributed by atoms with Gasteiger partial charge in [0.15, 0.2) is 4.34 Å². The van der Waals surface area contributed by atoms with Crippen LogP contribution in [-0.4, -0.2) is 20.9 Å². The Hall–Kier alpha value is -0.980. The number of hydrogen-bond acceptors (Lipinski definition) is 6. The first-order valence-electron chi connectivity index (χ1n) is 4.44. The van der Waals surface area contributed by atoms with Gasteiger partial charge < -0.3 is 5.73 Å². The first-order valence-corrected chi connectivity index (χ1v) is 6.10. The molecule has 0 amide bonds. The van der Waals surface area contributed by atoms with Gasteiger partial charge in [-0.05, 0) is 23.7 Å². The van der Waals surface area contributed by atoms with E-state index >= 15 is 0 Å². The molecule has 0 radical (unpaired) electrons. The molecule has 2 rings (SSSR count). The van der Waals surface area contributed by atoms with E-state index in [1.54, 1.807) is 24.3 Å². The third-order valence-corrected chi connectivity index (χ3v) is 3.81. The van der Waals surface area contributed by atoms with Gasteiger partial charge in [0.1, 0.15) is 6.33 Å². The minimum Gasteiger partial charge on any atom is -0.329 e. The van der Waals surface area contributed by atoms with Crippen molar-refractivity contribution in [1.82, 2.24) is 14.3 Å². The monoisotopic (exact) mass is 238 g/mol. The molecule has 0 bridgehead atoms. The molecule has 0 spiro atoms. The van der Waals surface area contributed by atoms with E-state index in [2.05, 4.69) is 14.3 Å². The van der Waals surface area contributed by atoms with Crippen LogP contribution in [0, 0.1) is 0 Å². The molecule has 0 fully saturated rings. The Labute approximate surface area is 96.1 Å². The van der Waals surface area contributed by atoms with Gasteiger partial charge in [0, 0.05) is 12.7 Å². The van der Waals surface area contributed by atoms with Gasteiger partial charge in [-0.3, -0.25) is 4.98 Å². The maximum absolute atomic E-state index is 5.72. The average molecular weight is 238 g/mol. The van der Waals surface area contributed by atoms with Crippen molar-refractivity contribution in [3.8, 4) is 0 Å². The molecule has 0 aromatic carbocycles. The fraction of sp³-hybridized carbons (Fsp3) is 0.222. The molecule has 2 aromatic rings. The van der Waals surface area contributed by atoms with Crippen molar-refractivity contribution in [3.05, 3.63) is 36.4 Å². The number of pyridine rings is 1. The van der Waals surface area contributed by atoms with Gasteiger partial charge in [-0.15, -0.1) is 0 Å². The second kappa shape index (κ2) is 5.20. The van der Waals surface area contributed by atoms with Crippen molar-refractivity contribution < 1.29 is 0 Å². The number of nitrogens with zero attached hydrogens (tertiary/aromatic N) is 3. The van der Waals surface area contributed by atoms with Crippen LogP contribution in [0.25, 0.3) is 0 Å². The summed E-state index contributed by atoms with van der Waals surface area (Å²) < 4.78 is 4.88. The summed E-state index contributed by atoms with van der Waals surface area (Å²) in [5.41, 5.74) is 6.70. The summed E-state index contributed by atoms with van der Waals surface area (Å²) >= 11 is 2.99. The lowest BCUT2D eigenvalue weighted by Gasteiger charge is -2.10. The summed E-state index contributed by atoms with van der Waals surface area (Å²) in [6, 6.07) is 5.84. The molecule has 0 saturated carbocycles. The molecule has 1 atom stereocenters. The number of thioether (sulfide) groups is 1. The van der Waals surface area contributed by atoms with Crippen molar-refractivity contribution in [2.75, 3.05) is 6.54 Å². The van der Waals surface area contributed by atoms with Crippen molar-refractivity contribution in [2.24, 2.45) is 5.73 Å². The minimum absolute atomic E-state index is 0.152. The van der Waals surface area contributed by atoms with Gasteiger partial charge in [0.25, 0.3) is 0 Å². The van der Waals surface area contributed by atoms with E-state index in [0.29, 0.717) is 6.54 Å². The maximum atomic E-state index is 5.72. The molecule has 0 saturated heterocycles. The van der Waals surface area contributed by atoms with E-state index in [9.17, 15) is 0 Å². The summed E-state index contributed by atoms with van der Waals surface area (Å²) in [4.78, 5) is 8.40. The molecule has 0 aliphatic rings. The van der Waals surface area contributed by atoms with Gasteiger partial charge in [-0.1, -0.05) is 17.8 Å². The van der Waals surface area contributed by atoms with Crippen LogP contribution in [0.4, 0.5) is 0 Å². The Balaban J connectivity index is 2.12. The Bertz CT molecular complexity index is 390. The van der Waals surface area contributed by atoms with Gasteiger partial charge in [0.05, 0.1) is 10.9 Å². The number of rotatable bonds is 4. The largest absolute Gasteiger partial charge is 0.329 e. The van der Waals surface area contributed by atoms with Gasteiger partial charge in [-0.25, -0.2) is 4.98 Å².